The van der Waals surface area contributed by atoms with Gasteiger partial charge in [0.2, 0.25) is 11.8 Å². The van der Waals surface area contributed by atoms with Gasteiger partial charge in [-0.1, -0.05) is 36.0 Å². The van der Waals surface area contributed by atoms with Gasteiger partial charge in [-0.25, -0.2) is 0 Å². The summed E-state index contributed by atoms with van der Waals surface area (Å²) in [7, 11) is 0. The molecule has 0 aliphatic carbocycles. The van der Waals surface area contributed by atoms with Gasteiger partial charge >= 0.3 is 0 Å². The molecular formula is C23H25N5O3S. The number of aryl methyl sites for hydroxylation is 1. The Kier molecular flexibility index (Phi) is 8.04. The third-order valence-corrected chi connectivity index (χ3v) is 5.23. The minimum absolute atomic E-state index is 0.151. The summed E-state index contributed by atoms with van der Waals surface area (Å²) < 4.78 is 7.71. The number of benzene rings is 2. The van der Waals surface area contributed by atoms with Crippen molar-refractivity contribution in [3.8, 4) is 5.75 Å². The molecule has 0 spiro atoms. The lowest BCUT2D eigenvalue weighted by Crippen LogP contribution is -2.15. The van der Waals surface area contributed by atoms with Crippen molar-refractivity contribution in [2.24, 2.45) is 0 Å². The molecule has 2 N–H and O–H groups in total. The van der Waals surface area contributed by atoms with Gasteiger partial charge < -0.3 is 15.4 Å². The van der Waals surface area contributed by atoms with E-state index in [1.165, 1.54) is 18.7 Å². The summed E-state index contributed by atoms with van der Waals surface area (Å²) in [5.74, 6) is 1.19. The molecule has 1 aromatic heterocycles. The second kappa shape index (κ2) is 11.1. The van der Waals surface area contributed by atoms with Crippen LogP contribution < -0.4 is 15.4 Å². The van der Waals surface area contributed by atoms with Gasteiger partial charge in [-0.2, -0.15) is 0 Å². The number of hydrogen-bond acceptors (Lipinski definition) is 6. The van der Waals surface area contributed by atoms with Crippen molar-refractivity contribution < 1.29 is 14.3 Å². The maximum Gasteiger partial charge on any atom is 0.234 e. The predicted molar refractivity (Wildman–Crippen MR) is 126 cm³/mol. The Balaban J connectivity index is 1.60. The monoisotopic (exact) mass is 451 g/mol. The molecule has 3 aromatic rings. The molecule has 0 aliphatic rings. The second-order valence-electron chi connectivity index (χ2n) is 7.00. The van der Waals surface area contributed by atoms with Crippen LogP contribution in [-0.4, -0.2) is 32.3 Å². The zero-order chi connectivity index (χ0) is 22.9. The van der Waals surface area contributed by atoms with Crippen molar-refractivity contribution in [2.45, 2.75) is 32.2 Å². The lowest BCUT2D eigenvalue weighted by molar-refractivity contribution is -0.114. The maximum atomic E-state index is 12.4. The van der Waals surface area contributed by atoms with Crippen LogP contribution in [-0.2, 0) is 22.7 Å². The number of nitrogens with one attached hydrogen (secondary N) is 2. The molecule has 166 valence electrons. The Hall–Kier alpha value is -3.59. The first-order chi connectivity index (χ1) is 15.4. The number of allylic oxidation sites excluding steroid dienone is 1. The third kappa shape index (κ3) is 6.71. The molecule has 8 nitrogen and oxygen atoms in total. The molecule has 0 radical (unpaired) electrons. The number of carbonyl (C=O) groups excluding carboxylic acids is 2. The Bertz CT molecular complexity index is 1110. The first-order valence-corrected chi connectivity index (χ1v) is 11.0. The van der Waals surface area contributed by atoms with Gasteiger partial charge in [0.25, 0.3) is 0 Å². The predicted octanol–water partition coefficient (Wildman–Crippen LogP) is 4.04. The fourth-order valence-corrected chi connectivity index (χ4v) is 3.67. The van der Waals surface area contributed by atoms with Crippen LogP contribution in [0.1, 0.15) is 18.3 Å². The minimum Gasteiger partial charge on any atom is -0.486 e. The number of thioether (sulfide) groups is 1. The van der Waals surface area contributed by atoms with Gasteiger partial charge in [-0.05, 0) is 42.8 Å². The van der Waals surface area contributed by atoms with E-state index >= 15 is 0 Å². The summed E-state index contributed by atoms with van der Waals surface area (Å²) in [6, 6.07) is 14.8. The van der Waals surface area contributed by atoms with Crippen LogP contribution in [0.4, 0.5) is 11.4 Å². The smallest absolute Gasteiger partial charge is 0.234 e. The molecule has 0 atom stereocenters. The normalized spacial score (nSPS) is 10.4. The molecule has 2 amide bonds. The van der Waals surface area contributed by atoms with Crippen molar-refractivity contribution in [2.75, 3.05) is 16.4 Å². The van der Waals surface area contributed by atoms with E-state index in [4.69, 9.17) is 4.74 Å². The lowest BCUT2D eigenvalue weighted by Gasteiger charge is -2.10. The first-order valence-electron chi connectivity index (χ1n) is 9.97. The van der Waals surface area contributed by atoms with Crippen LogP contribution >= 0.6 is 11.8 Å². The topological polar surface area (TPSA) is 98.1 Å². The average molecular weight is 452 g/mol. The van der Waals surface area contributed by atoms with Gasteiger partial charge in [0.15, 0.2) is 11.0 Å². The summed E-state index contributed by atoms with van der Waals surface area (Å²) in [6.07, 6.45) is 1.75. The molecule has 0 bridgehead atoms. The Morgan fingerprint density at radius 2 is 1.88 bits per heavy atom. The lowest BCUT2D eigenvalue weighted by atomic mass is 10.2. The van der Waals surface area contributed by atoms with E-state index in [9.17, 15) is 9.59 Å². The summed E-state index contributed by atoms with van der Waals surface area (Å²) in [4.78, 5) is 23.6. The fraction of sp³-hybridized carbons (Fsp3) is 0.217. The Labute approximate surface area is 191 Å². The number of rotatable bonds is 10. The molecule has 3 rings (SSSR count). The van der Waals surface area contributed by atoms with E-state index in [1.54, 1.807) is 30.3 Å². The highest BCUT2D eigenvalue weighted by molar-refractivity contribution is 7.99. The molecule has 0 aliphatic heterocycles. The summed E-state index contributed by atoms with van der Waals surface area (Å²) in [6.45, 7) is 7.99. The van der Waals surface area contributed by atoms with E-state index in [-0.39, 0.29) is 24.2 Å². The van der Waals surface area contributed by atoms with Gasteiger partial charge in [0, 0.05) is 24.8 Å². The number of ether oxygens (including phenoxy) is 1. The van der Waals surface area contributed by atoms with Crippen LogP contribution in [0.3, 0.4) is 0 Å². The van der Waals surface area contributed by atoms with E-state index in [2.05, 4.69) is 27.4 Å². The van der Waals surface area contributed by atoms with Crippen LogP contribution in [0.2, 0.25) is 0 Å². The summed E-state index contributed by atoms with van der Waals surface area (Å²) in [5.41, 5.74) is 2.33. The Morgan fingerprint density at radius 3 is 2.59 bits per heavy atom. The van der Waals surface area contributed by atoms with E-state index < -0.39 is 0 Å². The van der Waals surface area contributed by atoms with Crippen LogP contribution in [0.25, 0.3) is 0 Å². The zero-order valence-electron chi connectivity index (χ0n) is 18.0. The van der Waals surface area contributed by atoms with Crippen molar-refractivity contribution in [1.29, 1.82) is 0 Å². The van der Waals surface area contributed by atoms with Crippen LogP contribution in [0.15, 0.2) is 66.3 Å². The number of anilines is 2. The number of amides is 2. The van der Waals surface area contributed by atoms with E-state index in [0.29, 0.717) is 28.9 Å². The highest BCUT2D eigenvalue weighted by atomic mass is 32.2. The second-order valence-corrected chi connectivity index (χ2v) is 7.94. The standard InChI is InChI=1S/C23H25N5O3S/c1-4-11-28-21(14-31-20-10-5-7-16(2)12-20)26-27-23(28)32-15-22(30)25-19-9-6-8-18(13-19)24-17(3)29/h4-10,12-13H,1,11,14-15H2,2-3H3,(H,24,29)(H,25,30). The average Bonchev–Trinajstić information content (AvgIpc) is 3.12. The first kappa shape index (κ1) is 23.1. The molecule has 2 aromatic carbocycles. The zero-order valence-corrected chi connectivity index (χ0v) is 18.8. The third-order valence-electron chi connectivity index (χ3n) is 4.26. The summed E-state index contributed by atoms with van der Waals surface area (Å²) in [5, 5.41) is 14.5. The van der Waals surface area contributed by atoms with E-state index in [1.807, 2.05) is 35.8 Å². The minimum atomic E-state index is -0.194. The van der Waals surface area contributed by atoms with E-state index in [0.717, 1.165) is 11.3 Å². The molecule has 32 heavy (non-hydrogen) atoms. The molecule has 0 saturated heterocycles. The van der Waals surface area contributed by atoms with Crippen molar-refractivity contribution in [1.82, 2.24) is 14.8 Å². The quantitative estimate of drug-likeness (QED) is 0.357. The molecule has 0 saturated carbocycles. The van der Waals surface area contributed by atoms with Gasteiger partial charge in [-0.3, -0.25) is 14.2 Å². The van der Waals surface area contributed by atoms with Gasteiger partial charge in [0.05, 0.1) is 5.75 Å². The van der Waals surface area contributed by atoms with Gasteiger partial charge in [-0.15, -0.1) is 16.8 Å². The number of hydrogen-bond donors (Lipinski definition) is 2. The van der Waals surface area contributed by atoms with Gasteiger partial charge in [0.1, 0.15) is 12.4 Å². The molecule has 0 unspecified atom stereocenters. The van der Waals surface area contributed by atoms with Crippen LogP contribution in [0, 0.1) is 6.92 Å². The maximum absolute atomic E-state index is 12.4. The van der Waals surface area contributed by atoms with Crippen molar-refractivity contribution in [3.05, 3.63) is 72.6 Å². The molecule has 0 fully saturated rings. The Morgan fingerprint density at radius 1 is 1.12 bits per heavy atom. The molecule has 1 heterocycles. The number of nitrogens with zero attached hydrogens (tertiary/aromatic N) is 3. The largest absolute Gasteiger partial charge is 0.486 e. The number of aromatic nitrogens is 3. The van der Waals surface area contributed by atoms with Crippen LogP contribution in [0.5, 0.6) is 5.75 Å². The van der Waals surface area contributed by atoms with Crippen molar-refractivity contribution in [3.63, 3.8) is 0 Å². The van der Waals surface area contributed by atoms with Crippen molar-refractivity contribution >= 4 is 35.0 Å². The molecule has 9 heteroatoms. The fourth-order valence-electron chi connectivity index (χ4n) is 2.90. The highest BCUT2D eigenvalue weighted by Crippen LogP contribution is 2.21. The SMILES string of the molecule is C=CCn1c(COc2cccc(C)c2)nnc1SCC(=O)Nc1cccc(NC(C)=O)c1. The molecular weight excluding hydrogens is 426 g/mol. The number of carbonyl (C=O) groups is 2. The summed E-state index contributed by atoms with van der Waals surface area (Å²) >= 11 is 1.28. The highest BCUT2D eigenvalue weighted by Gasteiger charge is 2.14.